The molecule has 0 bridgehead atoms. The summed E-state index contributed by atoms with van der Waals surface area (Å²) in [5.41, 5.74) is 14.0. The van der Waals surface area contributed by atoms with E-state index in [9.17, 15) is 0 Å². The second-order valence-electron chi connectivity index (χ2n) is 8.38. The number of nitrogens with zero attached hydrogens (tertiary/aromatic N) is 5. The van der Waals surface area contributed by atoms with E-state index in [1.165, 1.54) is 11.1 Å². The molecule has 5 aromatic rings. The van der Waals surface area contributed by atoms with Gasteiger partial charge in [0.25, 0.3) is 0 Å². The molecule has 5 heterocycles. The van der Waals surface area contributed by atoms with Crippen LogP contribution in [0.1, 0.15) is 0 Å². The van der Waals surface area contributed by atoms with E-state index in [2.05, 4.69) is 61.3 Å². The number of piperazine rings is 1. The molecule has 0 spiro atoms. The van der Waals surface area contributed by atoms with Gasteiger partial charge in [0.15, 0.2) is 0 Å². The zero-order valence-electron chi connectivity index (χ0n) is 17.8. The fourth-order valence-corrected chi connectivity index (χ4v) is 4.44. The standard InChI is InChI=1S/C24H24N8/c1-31-7-9-32(10-8-31)22-4-2-3-19-17(22)12-21(27-19)24-23-20(29-30-24)6-5-18(28-23)15-11-16(25)14-26-13-15/h2-6,11-14,27H,7-10,25H2,1H3,(H,29,30). The molecular weight excluding hydrogens is 400 g/mol. The molecule has 1 aromatic carbocycles. The highest BCUT2D eigenvalue weighted by atomic mass is 15.2. The Morgan fingerprint density at radius 3 is 2.69 bits per heavy atom. The summed E-state index contributed by atoms with van der Waals surface area (Å²) in [6.07, 6.45) is 3.41. The van der Waals surface area contributed by atoms with Crippen molar-refractivity contribution in [1.29, 1.82) is 0 Å². The molecule has 1 aliphatic rings. The first-order valence-corrected chi connectivity index (χ1v) is 10.8. The number of aromatic nitrogens is 5. The monoisotopic (exact) mass is 424 g/mol. The van der Waals surface area contributed by atoms with Crippen LogP contribution < -0.4 is 10.6 Å². The van der Waals surface area contributed by atoms with Crippen LogP contribution in [0.15, 0.2) is 54.9 Å². The summed E-state index contributed by atoms with van der Waals surface area (Å²) in [6.45, 7) is 4.20. The highest BCUT2D eigenvalue weighted by Crippen LogP contribution is 2.34. The summed E-state index contributed by atoms with van der Waals surface area (Å²) in [4.78, 5) is 17.5. The van der Waals surface area contributed by atoms with Crippen molar-refractivity contribution in [3.8, 4) is 22.6 Å². The maximum absolute atomic E-state index is 5.92. The van der Waals surface area contributed by atoms with Gasteiger partial charge in [-0.05, 0) is 43.4 Å². The van der Waals surface area contributed by atoms with Gasteiger partial charge in [0, 0.05) is 60.7 Å². The van der Waals surface area contributed by atoms with Crippen molar-refractivity contribution in [3.05, 3.63) is 54.9 Å². The van der Waals surface area contributed by atoms with Crippen molar-refractivity contribution >= 4 is 33.3 Å². The Balaban J connectivity index is 1.44. The number of H-pyrrole nitrogens is 2. The van der Waals surface area contributed by atoms with Gasteiger partial charge < -0.3 is 20.5 Å². The van der Waals surface area contributed by atoms with E-state index < -0.39 is 0 Å². The number of hydrogen-bond acceptors (Lipinski definition) is 6. The number of fused-ring (bicyclic) bond motifs is 2. The van der Waals surface area contributed by atoms with Gasteiger partial charge in [-0.1, -0.05) is 6.07 Å². The quantitative estimate of drug-likeness (QED) is 0.410. The van der Waals surface area contributed by atoms with E-state index in [-0.39, 0.29) is 0 Å². The number of aromatic amines is 2. The van der Waals surface area contributed by atoms with Crippen molar-refractivity contribution in [1.82, 2.24) is 30.0 Å². The van der Waals surface area contributed by atoms with Gasteiger partial charge in [0.2, 0.25) is 0 Å². The van der Waals surface area contributed by atoms with Gasteiger partial charge in [-0.25, -0.2) is 4.98 Å². The van der Waals surface area contributed by atoms with Gasteiger partial charge in [-0.15, -0.1) is 0 Å². The molecule has 0 saturated carbocycles. The second kappa shape index (κ2) is 7.35. The molecule has 0 unspecified atom stereocenters. The first kappa shape index (κ1) is 18.8. The first-order valence-electron chi connectivity index (χ1n) is 10.8. The molecule has 4 aromatic heterocycles. The third kappa shape index (κ3) is 3.16. The van der Waals surface area contributed by atoms with Gasteiger partial charge in [-0.2, -0.15) is 5.10 Å². The third-order valence-corrected chi connectivity index (χ3v) is 6.20. The number of likely N-dealkylation sites (N-methyl/N-ethyl adjacent to an activating group) is 1. The minimum atomic E-state index is 0.615. The van der Waals surface area contributed by atoms with Crippen LogP contribution in [0.4, 0.5) is 11.4 Å². The number of nitrogens with two attached hydrogens (primary N) is 1. The van der Waals surface area contributed by atoms with E-state index in [1.807, 2.05) is 18.2 Å². The maximum atomic E-state index is 5.92. The zero-order chi connectivity index (χ0) is 21.7. The minimum absolute atomic E-state index is 0.615. The van der Waals surface area contributed by atoms with Gasteiger partial charge in [0.1, 0.15) is 11.2 Å². The van der Waals surface area contributed by atoms with Crippen LogP contribution in [-0.2, 0) is 0 Å². The lowest BCUT2D eigenvalue weighted by Crippen LogP contribution is -2.44. The summed E-state index contributed by atoms with van der Waals surface area (Å²) in [5, 5.41) is 8.91. The van der Waals surface area contributed by atoms with Crippen LogP contribution in [-0.4, -0.2) is 63.3 Å². The molecule has 6 rings (SSSR count). The maximum Gasteiger partial charge on any atom is 0.135 e. The van der Waals surface area contributed by atoms with Gasteiger partial charge >= 0.3 is 0 Å². The summed E-state index contributed by atoms with van der Waals surface area (Å²) in [7, 11) is 2.18. The predicted octanol–water partition coefficient (Wildman–Crippen LogP) is 3.50. The number of nitrogen functional groups attached to an aromatic ring is 1. The number of pyridine rings is 2. The van der Waals surface area contributed by atoms with Crippen molar-refractivity contribution in [2.75, 3.05) is 43.9 Å². The van der Waals surface area contributed by atoms with Crippen LogP contribution in [0.25, 0.3) is 44.6 Å². The smallest absolute Gasteiger partial charge is 0.135 e. The number of anilines is 2. The number of benzene rings is 1. The van der Waals surface area contributed by atoms with Crippen LogP contribution in [0, 0.1) is 0 Å². The fraction of sp³-hybridized carbons (Fsp3) is 0.208. The zero-order valence-corrected chi connectivity index (χ0v) is 17.8. The van der Waals surface area contributed by atoms with Crippen LogP contribution in [0.3, 0.4) is 0 Å². The molecule has 1 saturated heterocycles. The Hall–Kier alpha value is -3.91. The van der Waals surface area contributed by atoms with Crippen LogP contribution in [0.2, 0.25) is 0 Å². The molecule has 0 amide bonds. The lowest BCUT2D eigenvalue weighted by atomic mass is 10.1. The highest BCUT2D eigenvalue weighted by Gasteiger charge is 2.19. The molecule has 32 heavy (non-hydrogen) atoms. The Labute approximate surface area is 185 Å². The summed E-state index contributed by atoms with van der Waals surface area (Å²) >= 11 is 0. The van der Waals surface area contributed by atoms with Crippen LogP contribution in [0.5, 0.6) is 0 Å². The highest BCUT2D eigenvalue weighted by molar-refractivity contribution is 5.99. The van der Waals surface area contributed by atoms with E-state index in [0.717, 1.165) is 65.4 Å². The molecule has 1 aliphatic heterocycles. The molecule has 0 atom stereocenters. The van der Waals surface area contributed by atoms with Gasteiger partial charge in [0.05, 0.1) is 22.6 Å². The largest absolute Gasteiger partial charge is 0.397 e. The minimum Gasteiger partial charge on any atom is -0.397 e. The Kier molecular flexibility index (Phi) is 4.32. The Morgan fingerprint density at radius 1 is 0.969 bits per heavy atom. The van der Waals surface area contributed by atoms with Crippen molar-refractivity contribution in [2.24, 2.45) is 0 Å². The lowest BCUT2D eigenvalue weighted by molar-refractivity contribution is 0.313. The Morgan fingerprint density at radius 2 is 1.84 bits per heavy atom. The average molecular weight is 425 g/mol. The van der Waals surface area contributed by atoms with Crippen molar-refractivity contribution < 1.29 is 0 Å². The molecule has 1 fully saturated rings. The molecular formula is C24H24N8. The Bertz CT molecular complexity index is 1420. The molecule has 8 heteroatoms. The van der Waals surface area contributed by atoms with Crippen molar-refractivity contribution in [3.63, 3.8) is 0 Å². The summed E-state index contributed by atoms with van der Waals surface area (Å²) < 4.78 is 0. The van der Waals surface area contributed by atoms with Crippen LogP contribution >= 0.6 is 0 Å². The predicted molar refractivity (Wildman–Crippen MR) is 129 cm³/mol. The fourth-order valence-electron chi connectivity index (χ4n) is 4.44. The first-order chi connectivity index (χ1) is 15.7. The molecule has 0 aliphatic carbocycles. The molecule has 160 valence electrons. The summed E-state index contributed by atoms with van der Waals surface area (Å²) in [5.74, 6) is 0. The number of rotatable bonds is 3. The van der Waals surface area contributed by atoms with E-state index in [4.69, 9.17) is 10.7 Å². The number of nitrogens with one attached hydrogen (secondary N) is 2. The number of hydrogen-bond donors (Lipinski definition) is 3. The molecule has 8 nitrogen and oxygen atoms in total. The average Bonchev–Trinajstić information content (AvgIpc) is 3.43. The van der Waals surface area contributed by atoms with E-state index in [1.54, 1.807) is 12.4 Å². The summed E-state index contributed by atoms with van der Waals surface area (Å²) in [6, 6.07) is 14.5. The normalized spacial score (nSPS) is 15.1. The van der Waals surface area contributed by atoms with E-state index in [0.29, 0.717) is 5.69 Å². The third-order valence-electron chi connectivity index (χ3n) is 6.20. The molecule has 4 N–H and O–H groups in total. The van der Waals surface area contributed by atoms with Gasteiger partial charge in [-0.3, -0.25) is 10.1 Å². The lowest BCUT2D eigenvalue weighted by Gasteiger charge is -2.34. The topological polar surface area (TPSA) is 103 Å². The van der Waals surface area contributed by atoms with E-state index >= 15 is 0 Å². The molecule has 0 radical (unpaired) electrons. The second-order valence-corrected chi connectivity index (χ2v) is 8.38. The van der Waals surface area contributed by atoms with Crippen molar-refractivity contribution in [2.45, 2.75) is 0 Å². The SMILES string of the molecule is CN1CCN(c2cccc3[nH]c(-c4n[nH]c5ccc(-c6cncc(N)c6)nc45)cc23)CC1.